The number of carbonyl (C=O) groups is 2. The lowest BCUT2D eigenvalue weighted by atomic mass is 9.92. The van der Waals surface area contributed by atoms with Gasteiger partial charge >= 0.3 is 0 Å². The zero-order valence-electron chi connectivity index (χ0n) is 22.9. The fourth-order valence-corrected chi connectivity index (χ4v) is 6.33. The Bertz CT molecular complexity index is 1490. The molecule has 2 aliphatic heterocycles. The molecule has 0 spiro atoms. The second-order valence-electron chi connectivity index (χ2n) is 10.9. The topological polar surface area (TPSA) is 82.8 Å². The van der Waals surface area contributed by atoms with Gasteiger partial charge in [-0.15, -0.1) is 0 Å². The van der Waals surface area contributed by atoms with Crippen LogP contribution >= 0.6 is 0 Å². The third kappa shape index (κ3) is 5.49. The second-order valence-corrected chi connectivity index (χ2v) is 10.9. The summed E-state index contributed by atoms with van der Waals surface area (Å²) in [6, 6.07) is 22.2. The summed E-state index contributed by atoms with van der Waals surface area (Å²) >= 11 is 0. The summed E-state index contributed by atoms with van der Waals surface area (Å²) in [4.78, 5) is 38.0. The molecule has 206 valence electrons. The van der Waals surface area contributed by atoms with E-state index in [4.69, 9.17) is 4.52 Å². The van der Waals surface area contributed by atoms with Crippen LogP contribution in [0, 0.1) is 0 Å². The molecule has 4 aromatic rings. The number of hydrogen-bond acceptors (Lipinski definition) is 6. The number of hydrogen-bond donors (Lipinski definition) is 0. The molecule has 1 saturated heterocycles. The summed E-state index contributed by atoms with van der Waals surface area (Å²) in [7, 11) is 0. The van der Waals surface area contributed by atoms with Gasteiger partial charge in [-0.05, 0) is 55.2 Å². The molecule has 0 radical (unpaired) electrons. The smallest absolute Gasteiger partial charge is 0.229 e. The van der Waals surface area contributed by atoms with Crippen LogP contribution in [0.1, 0.15) is 49.6 Å². The summed E-state index contributed by atoms with van der Waals surface area (Å²) in [5.74, 6) is 0.0182. The number of aromatic nitrogens is 2. The number of anilines is 1. The van der Waals surface area contributed by atoms with Gasteiger partial charge in [0.2, 0.25) is 11.8 Å². The summed E-state index contributed by atoms with van der Waals surface area (Å²) < 4.78 is 5.50. The Labute approximate surface area is 234 Å². The first-order chi connectivity index (χ1) is 19.6. The lowest BCUT2D eigenvalue weighted by molar-refractivity contribution is -0.132. The van der Waals surface area contributed by atoms with Crippen molar-refractivity contribution in [3.05, 3.63) is 89.9 Å². The summed E-state index contributed by atoms with van der Waals surface area (Å²) in [6.45, 7) is 4.02. The molecule has 0 saturated carbocycles. The van der Waals surface area contributed by atoms with Gasteiger partial charge in [0, 0.05) is 62.5 Å². The van der Waals surface area contributed by atoms with E-state index in [1.54, 1.807) is 6.92 Å². The molecule has 2 atom stereocenters. The van der Waals surface area contributed by atoms with Gasteiger partial charge in [-0.25, -0.2) is 0 Å². The third-order valence-corrected chi connectivity index (χ3v) is 8.35. The Morgan fingerprint density at radius 2 is 1.75 bits per heavy atom. The predicted octanol–water partition coefficient (Wildman–Crippen LogP) is 4.97. The number of piperidine rings is 1. The minimum atomic E-state index is 0.00221. The normalized spacial score (nSPS) is 20.1. The van der Waals surface area contributed by atoms with Crippen molar-refractivity contribution in [3.63, 3.8) is 0 Å². The summed E-state index contributed by atoms with van der Waals surface area (Å²) in [6.07, 6.45) is 6.04. The van der Waals surface area contributed by atoms with Crippen molar-refractivity contribution >= 4 is 28.5 Å². The van der Waals surface area contributed by atoms with Crippen molar-refractivity contribution in [1.29, 1.82) is 0 Å². The highest BCUT2D eigenvalue weighted by atomic mass is 16.5. The van der Waals surface area contributed by atoms with Gasteiger partial charge in [-0.2, -0.15) is 0 Å². The number of nitrogens with zero attached hydrogens (tertiary/aromatic N) is 5. The average molecular weight is 538 g/mol. The van der Waals surface area contributed by atoms with Crippen LogP contribution in [-0.2, 0) is 29.1 Å². The SMILES string of the molecule is CC(=O)N1CCC2CCCC(CN(C(=O)Cc3noc4ccccc34)Cc3ccccc31)N2Cc1ccccn1. The van der Waals surface area contributed by atoms with Crippen LogP contribution in [0.4, 0.5) is 5.69 Å². The average Bonchev–Trinajstić information content (AvgIpc) is 3.37. The van der Waals surface area contributed by atoms with E-state index in [9.17, 15) is 9.59 Å². The lowest BCUT2D eigenvalue weighted by Gasteiger charge is -2.44. The number of carbonyl (C=O) groups excluding carboxylic acids is 2. The van der Waals surface area contributed by atoms with Crippen LogP contribution in [0.3, 0.4) is 0 Å². The highest BCUT2D eigenvalue weighted by Crippen LogP contribution is 2.32. The zero-order valence-corrected chi connectivity index (χ0v) is 22.9. The Morgan fingerprint density at radius 3 is 2.60 bits per heavy atom. The van der Waals surface area contributed by atoms with Gasteiger partial charge in [0.1, 0.15) is 5.69 Å². The van der Waals surface area contributed by atoms with Gasteiger partial charge in [0.05, 0.1) is 12.1 Å². The van der Waals surface area contributed by atoms with E-state index in [0.29, 0.717) is 37.0 Å². The molecule has 2 aromatic heterocycles. The minimum Gasteiger partial charge on any atom is -0.356 e. The molecule has 2 aliphatic rings. The minimum absolute atomic E-state index is 0.00221. The molecule has 8 heteroatoms. The molecule has 2 unspecified atom stereocenters. The maximum Gasteiger partial charge on any atom is 0.229 e. The van der Waals surface area contributed by atoms with Crippen LogP contribution in [-0.4, -0.2) is 56.9 Å². The molecule has 40 heavy (non-hydrogen) atoms. The van der Waals surface area contributed by atoms with E-state index in [0.717, 1.165) is 54.6 Å². The lowest BCUT2D eigenvalue weighted by Crippen LogP contribution is -2.52. The maximum atomic E-state index is 14.0. The first-order valence-electron chi connectivity index (χ1n) is 14.2. The molecule has 0 N–H and O–H groups in total. The molecule has 4 heterocycles. The second kappa shape index (κ2) is 11.6. The zero-order chi connectivity index (χ0) is 27.5. The van der Waals surface area contributed by atoms with Crippen molar-refractivity contribution in [3.8, 4) is 0 Å². The molecule has 2 aromatic carbocycles. The van der Waals surface area contributed by atoms with E-state index in [1.165, 1.54) is 0 Å². The Morgan fingerprint density at radius 1 is 0.950 bits per heavy atom. The first-order valence-corrected chi connectivity index (χ1v) is 14.2. The fraction of sp³-hybridized carbons (Fsp3) is 0.375. The molecular formula is C32H35N5O3. The quantitative estimate of drug-likeness (QED) is 0.365. The third-order valence-electron chi connectivity index (χ3n) is 8.35. The van der Waals surface area contributed by atoms with Crippen LogP contribution in [0.2, 0.25) is 0 Å². The van der Waals surface area contributed by atoms with Gasteiger partial charge in [0.25, 0.3) is 0 Å². The monoisotopic (exact) mass is 537 g/mol. The van der Waals surface area contributed by atoms with E-state index in [1.807, 2.05) is 76.7 Å². The standard InChI is InChI=1S/C32H35N5O3/c1-23(38)36-18-16-26-11-8-12-27(37(26)21-25-10-6-7-17-33-25)22-35(20-24-9-2-4-14-30(24)36)32(39)19-29-28-13-3-5-15-31(28)40-34-29/h2-7,9-10,13-15,17,26-27H,8,11-12,16,18-22H2,1H3. The van der Waals surface area contributed by atoms with Crippen molar-refractivity contribution < 1.29 is 14.1 Å². The molecule has 2 bridgehead atoms. The van der Waals surface area contributed by atoms with Crippen LogP contribution in [0.15, 0.2) is 77.4 Å². The van der Waals surface area contributed by atoms with Crippen molar-refractivity contribution in [2.24, 2.45) is 0 Å². The Hall–Kier alpha value is -4.04. The van der Waals surface area contributed by atoms with Gasteiger partial charge in [-0.1, -0.05) is 48.0 Å². The molecule has 2 amide bonds. The van der Waals surface area contributed by atoms with Gasteiger partial charge in [0.15, 0.2) is 5.58 Å². The molecule has 0 aliphatic carbocycles. The predicted molar refractivity (Wildman–Crippen MR) is 153 cm³/mol. The summed E-state index contributed by atoms with van der Waals surface area (Å²) in [5, 5.41) is 5.11. The van der Waals surface area contributed by atoms with Crippen LogP contribution in [0.5, 0.6) is 0 Å². The number of pyridine rings is 1. The van der Waals surface area contributed by atoms with Crippen molar-refractivity contribution in [2.75, 3.05) is 18.0 Å². The van der Waals surface area contributed by atoms with Gasteiger partial charge < -0.3 is 14.3 Å². The number of rotatable bonds is 4. The van der Waals surface area contributed by atoms with E-state index in [2.05, 4.69) is 21.1 Å². The van der Waals surface area contributed by atoms with E-state index >= 15 is 0 Å². The first kappa shape index (κ1) is 26.2. The fourth-order valence-electron chi connectivity index (χ4n) is 6.33. The summed E-state index contributed by atoms with van der Waals surface area (Å²) in [5.41, 5.74) is 4.21. The maximum absolute atomic E-state index is 14.0. The van der Waals surface area contributed by atoms with E-state index in [-0.39, 0.29) is 24.3 Å². The number of benzene rings is 2. The Balaban J connectivity index is 1.37. The van der Waals surface area contributed by atoms with E-state index < -0.39 is 0 Å². The van der Waals surface area contributed by atoms with Crippen LogP contribution in [0.25, 0.3) is 11.0 Å². The molecule has 8 nitrogen and oxygen atoms in total. The van der Waals surface area contributed by atoms with Crippen LogP contribution < -0.4 is 4.90 Å². The molecular weight excluding hydrogens is 502 g/mol. The van der Waals surface area contributed by atoms with Crippen molar-refractivity contribution in [1.82, 2.24) is 19.9 Å². The van der Waals surface area contributed by atoms with Gasteiger partial charge in [-0.3, -0.25) is 19.5 Å². The molecule has 6 rings (SSSR count). The van der Waals surface area contributed by atoms with Crippen molar-refractivity contribution in [2.45, 2.75) is 64.2 Å². The number of para-hydroxylation sites is 2. The number of fused-ring (bicyclic) bond motifs is 4. The highest BCUT2D eigenvalue weighted by molar-refractivity contribution is 5.92. The highest BCUT2D eigenvalue weighted by Gasteiger charge is 2.35. The Kier molecular flexibility index (Phi) is 7.60. The number of amides is 2. The molecule has 1 fully saturated rings. The largest absolute Gasteiger partial charge is 0.356 e.